The number of carbonyl (C=O) groups excluding carboxylic acids is 1. The summed E-state index contributed by atoms with van der Waals surface area (Å²) in [6, 6.07) is 3.00. The molecule has 0 fully saturated rings. The topological polar surface area (TPSA) is 64.7 Å². The van der Waals surface area contributed by atoms with Gasteiger partial charge < -0.3 is 5.32 Å². The Kier molecular flexibility index (Phi) is 4.26. The summed E-state index contributed by atoms with van der Waals surface area (Å²) in [5.41, 5.74) is -0.524. The number of benzene rings is 1. The van der Waals surface area contributed by atoms with E-state index in [1.54, 1.807) is 7.05 Å². The first-order chi connectivity index (χ1) is 11.9. The highest BCUT2D eigenvalue weighted by Gasteiger charge is 2.20. The minimum absolute atomic E-state index is 0.101. The van der Waals surface area contributed by atoms with Gasteiger partial charge in [-0.15, -0.1) is 0 Å². The molecular formula is C15H11F4N5O. The number of halogens is 4. The number of anilines is 1. The lowest BCUT2D eigenvalue weighted by Gasteiger charge is -2.07. The summed E-state index contributed by atoms with van der Waals surface area (Å²) in [4.78, 5) is 12.0. The molecule has 0 aliphatic carbocycles. The smallest absolute Gasteiger partial charge is 0.275 e. The molecule has 0 saturated heterocycles. The summed E-state index contributed by atoms with van der Waals surface area (Å²) in [6.45, 7) is -0.548. The normalized spacial score (nSPS) is 10.9. The van der Waals surface area contributed by atoms with Crippen LogP contribution in [0.5, 0.6) is 0 Å². The predicted octanol–water partition coefficient (Wildman–Crippen LogP) is 2.47. The van der Waals surface area contributed by atoms with Crippen LogP contribution in [0.25, 0.3) is 0 Å². The molecule has 130 valence electrons. The molecule has 10 heteroatoms. The molecule has 0 radical (unpaired) electrons. The van der Waals surface area contributed by atoms with Gasteiger partial charge in [0.2, 0.25) is 0 Å². The molecule has 0 spiro atoms. The molecule has 0 aliphatic rings. The van der Waals surface area contributed by atoms with Crippen molar-refractivity contribution in [3.05, 3.63) is 65.1 Å². The van der Waals surface area contributed by atoms with Crippen LogP contribution in [0.15, 0.2) is 30.6 Å². The Labute approximate surface area is 138 Å². The van der Waals surface area contributed by atoms with Gasteiger partial charge in [-0.2, -0.15) is 10.2 Å². The second kappa shape index (κ2) is 6.38. The number of nitrogens with one attached hydrogen (secondary N) is 1. The zero-order valence-corrected chi connectivity index (χ0v) is 12.8. The fourth-order valence-corrected chi connectivity index (χ4v) is 2.22. The van der Waals surface area contributed by atoms with Gasteiger partial charge in [0.05, 0.1) is 12.1 Å². The molecule has 2 heterocycles. The highest BCUT2D eigenvalue weighted by molar-refractivity contribution is 6.02. The largest absolute Gasteiger partial charge is 0.304 e. The van der Waals surface area contributed by atoms with Gasteiger partial charge in [-0.25, -0.2) is 17.6 Å². The van der Waals surface area contributed by atoms with Crippen LogP contribution in [-0.4, -0.2) is 25.5 Å². The summed E-state index contributed by atoms with van der Waals surface area (Å²) in [6.07, 6.45) is 2.75. The molecule has 25 heavy (non-hydrogen) atoms. The van der Waals surface area contributed by atoms with Gasteiger partial charge in [0.25, 0.3) is 5.91 Å². The SMILES string of the molecule is Cn1nccc1C(=O)Nc1ccn(Cc2c(F)c(F)cc(F)c2F)n1. The zero-order valence-electron chi connectivity index (χ0n) is 12.8. The number of rotatable bonds is 4. The van der Waals surface area contributed by atoms with Crippen molar-refractivity contribution in [3.8, 4) is 0 Å². The number of amides is 1. The Morgan fingerprint density at radius 1 is 1.16 bits per heavy atom. The van der Waals surface area contributed by atoms with Crippen LogP contribution in [0, 0.1) is 23.3 Å². The van der Waals surface area contributed by atoms with Gasteiger partial charge in [-0.05, 0) is 6.07 Å². The van der Waals surface area contributed by atoms with E-state index in [0.717, 1.165) is 4.68 Å². The van der Waals surface area contributed by atoms with Crippen molar-refractivity contribution in [1.82, 2.24) is 19.6 Å². The van der Waals surface area contributed by atoms with Crippen LogP contribution < -0.4 is 5.32 Å². The number of aromatic nitrogens is 4. The van der Waals surface area contributed by atoms with Gasteiger partial charge in [-0.1, -0.05) is 0 Å². The Morgan fingerprint density at radius 3 is 2.44 bits per heavy atom. The minimum atomic E-state index is -1.49. The molecule has 3 rings (SSSR count). The molecule has 0 atom stereocenters. The lowest BCUT2D eigenvalue weighted by atomic mass is 10.2. The maximum absolute atomic E-state index is 13.7. The third-order valence-corrected chi connectivity index (χ3v) is 3.46. The monoisotopic (exact) mass is 353 g/mol. The van der Waals surface area contributed by atoms with Crippen molar-refractivity contribution < 1.29 is 22.4 Å². The lowest BCUT2D eigenvalue weighted by Crippen LogP contribution is -2.16. The first-order valence-corrected chi connectivity index (χ1v) is 7.01. The van der Waals surface area contributed by atoms with Crippen molar-refractivity contribution in [2.75, 3.05) is 5.32 Å². The van der Waals surface area contributed by atoms with E-state index < -0.39 is 41.3 Å². The molecule has 0 saturated carbocycles. The Bertz CT molecular complexity index is 923. The summed E-state index contributed by atoms with van der Waals surface area (Å²) in [7, 11) is 1.58. The average molecular weight is 353 g/mol. The molecular weight excluding hydrogens is 342 g/mol. The fraction of sp³-hybridized carbons (Fsp3) is 0.133. The average Bonchev–Trinajstić information content (AvgIpc) is 3.18. The van der Waals surface area contributed by atoms with Gasteiger partial charge in [0, 0.05) is 31.6 Å². The Morgan fingerprint density at radius 2 is 1.84 bits per heavy atom. The van der Waals surface area contributed by atoms with Crippen LogP contribution in [0.2, 0.25) is 0 Å². The molecule has 3 aromatic rings. The Hall–Kier alpha value is -3.17. The van der Waals surface area contributed by atoms with Gasteiger partial charge in [0.15, 0.2) is 29.1 Å². The second-order valence-electron chi connectivity index (χ2n) is 5.14. The second-order valence-corrected chi connectivity index (χ2v) is 5.14. The maximum atomic E-state index is 13.7. The van der Waals surface area contributed by atoms with Crippen LogP contribution in [0.4, 0.5) is 23.4 Å². The number of carbonyl (C=O) groups is 1. The molecule has 0 aliphatic heterocycles. The van der Waals surface area contributed by atoms with Crippen molar-refractivity contribution in [1.29, 1.82) is 0 Å². The molecule has 2 aromatic heterocycles. The molecule has 0 unspecified atom stereocenters. The first kappa shape index (κ1) is 16.7. The molecule has 1 amide bonds. The first-order valence-electron chi connectivity index (χ1n) is 7.01. The van der Waals surface area contributed by atoms with Crippen molar-refractivity contribution in [2.45, 2.75) is 6.54 Å². The zero-order chi connectivity index (χ0) is 18.1. The number of nitrogens with zero attached hydrogens (tertiary/aromatic N) is 4. The Balaban J connectivity index is 1.79. The minimum Gasteiger partial charge on any atom is -0.304 e. The number of hydrogen-bond donors (Lipinski definition) is 1. The summed E-state index contributed by atoms with van der Waals surface area (Å²) >= 11 is 0. The fourth-order valence-electron chi connectivity index (χ4n) is 2.22. The van der Waals surface area contributed by atoms with E-state index in [1.807, 2.05) is 0 Å². The van der Waals surface area contributed by atoms with Gasteiger partial charge >= 0.3 is 0 Å². The molecule has 1 aromatic carbocycles. The van der Waals surface area contributed by atoms with E-state index in [9.17, 15) is 22.4 Å². The van der Waals surface area contributed by atoms with Gasteiger partial charge in [0.1, 0.15) is 5.69 Å². The van der Waals surface area contributed by atoms with Crippen LogP contribution in [0.3, 0.4) is 0 Å². The van der Waals surface area contributed by atoms with E-state index >= 15 is 0 Å². The summed E-state index contributed by atoms with van der Waals surface area (Å²) in [5, 5.41) is 10.2. The van der Waals surface area contributed by atoms with E-state index in [4.69, 9.17) is 0 Å². The predicted molar refractivity (Wildman–Crippen MR) is 78.8 cm³/mol. The quantitative estimate of drug-likeness (QED) is 0.579. The van der Waals surface area contributed by atoms with Crippen molar-refractivity contribution >= 4 is 11.7 Å². The van der Waals surface area contributed by atoms with Gasteiger partial charge in [-0.3, -0.25) is 14.2 Å². The highest BCUT2D eigenvalue weighted by Crippen LogP contribution is 2.20. The number of hydrogen-bond acceptors (Lipinski definition) is 3. The van der Waals surface area contributed by atoms with Crippen LogP contribution >= 0.6 is 0 Å². The third-order valence-electron chi connectivity index (χ3n) is 3.46. The van der Waals surface area contributed by atoms with Crippen LogP contribution in [-0.2, 0) is 13.6 Å². The number of aryl methyl sites for hydroxylation is 1. The molecule has 0 bridgehead atoms. The van der Waals surface area contributed by atoms with E-state index in [0.29, 0.717) is 0 Å². The summed E-state index contributed by atoms with van der Waals surface area (Å²) in [5.74, 6) is -6.36. The van der Waals surface area contributed by atoms with Crippen molar-refractivity contribution in [2.24, 2.45) is 7.05 Å². The van der Waals surface area contributed by atoms with E-state index in [2.05, 4.69) is 15.5 Å². The lowest BCUT2D eigenvalue weighted by molar-refractivity contribution is 0.101. The molecule has 6 nitrogen and oxygen atoms in total. The highest BCUT2D eigenvalue weighted by atomic mass is 19.2. The molecule has 1 N–H and O–H groups in total. The summed E-state index contributed by atoms with van der Waals surface area (Å²) < 4.78 is 56.2. The standard InChI is InChI=1S/C15H11F4N5O/c1-23-11(2-4-20-23)15(25)21-12-3-5-24(22-12)7-8-13(18)9(16)6-10(17)14(8)19/h2-6H,7H2,1H3,(H,21,22,25). The maximum Gasteiger partial charge on any atom is 0.275 e. The van der Waals surface area contributed by atoms with E-state index in [-0.39, 0.29) is 17.6 Å². The van der Waals surface area contributed by atoms with Crippen molar-refractivity contribution in [3.63, 3.8) is 0 Å². The third kappa shape index (κ3) is 3.23. The van der Waals surface area contributed by atoms with Crippen LogP contribution in [0.1, 0.15) is 16.1 Å². The van der Waals surface area contributed by atoms with E-state index in [1.165, 1.54) is 29.2 Å².